The van der Waals surface area contributed by atoms with Crippen LogP contribution in [0.2, 0.25) is 0 Å². The molecule has 3 heteroatoms. The highest BCUT2D eigenvalue weighted by molar-refractivity contribution is 5.62. The van der Waals surface area contributed by atoms with Crippen molar-refractivity contribution in [1.29, 1.82) is 0 Å². The van der Waals surface area contributed by atoms with Crippen LogP contribution < -0.4 is 11.5 Å². The summed E-state index contributed by atoms with van der Waals surface area (Å²) >= 11 is 0. The van der Waals surface area contributed by atoms with Crippen molar-refractivity contribution in [2.24, 2.45) is 0 Å². The maximum Gasteiger partial charge on any atom is 0.0865 e. The van der Waals surface area contributed by atoms with E-state index < -0.39 is 0 Å². The molecule has 1 aliphatic heterocycles. The Bertz CT molecular complexity index is 286. The molecule has 1 atom stereocenters. The molecule has 1 fully saturated rings. The fourth-order valence-corrected chi connectivity index (χ4v) is 1.78. The zero-order valence-electron chi connectivity index (χ0n) is 7.49. The lowest BCUT2D eigenvalue weighted by Gasteiger charge is -2.14. The minimum atomic E-state index is 0.112. The number of nitrogen functional groups attached to an aromatic ring is 2. The molecule has 70 valence electrons. The Balaban J connectivity index is 2.37. The van der Waals surface area contributed by atoms with E-state index in [0.717, 1.165) is 36.4 Å². The van der Waals surface area contributed by atoms with E-state index in [1.54, 1.807) is 0 Å². The van der Waals surface area contributed by atoms with Gasteiger partial charge in [0.1, 0.15) is 0 Å². The van der Waals surface area contributed by atoms with Crippen LogP contribution in [0.4, 0.5) is 11.4 Å². The molecule has 0 aliphatic carbocycles. The maximum absolute atomic E-state index is 5.84. The van der Waals surface area contributed by atoms with E-state index >= 15 is 0 Å². The lowest BCUT2D eigenvalue weighted by Crippen LogP contribution is -2.05. The van der Waals surface area contributed by atoms with Crippen LogP contribution in [-0.4, -0.2) is 6.61 Å². The number of benzene rings is 1. The molecule has 0 bridgehead atoms. The first-order valence-electron chi connectivity index (χ1n) is 4.54. The third kappa shape index (κ3) is 1.47. The topological polar surface area (TPSA) is 61.3 Å². The van der Waals surface area contributed by atoms with Gasteiger partial charge in [-0.3, -0.25) is 0 Å². The van der Waals surface area contributed by atoms with Gasteiger partial charge in [-0.15, -0.1) is 0 Å². The molecule has 0 radical (unpaired) electrons. The van der Waals surface area contributed by atoms with Gasteiger partial charge in [0, 0.05) is 23.5 Å². The Labute approximate surface area is 77.7 Å². The lowest BCUT2D eigenvalue weighted by atomic mass is 10.0. The van der Waals surface area contributed by atoms with Gasteiger partial charge in [-0.2, -0.15) is 0 Å². The van der Waals surface area contributed by atoms with Gasteiger partial charge >= 0.3 is 0 Å². The first kappa shape index (κ1) is 8.38. The first-order valence-corrected chi connectivity index (χ1v) is 4.54. The predicted molar refractivity (Wildman–Crippen MR) is 53.2 cm³/mol. The molecule has 1 saturated heterocycles. The van der Waals surface area contributed by atoms with Crippen molar-refractivity contribution < 1.29 is 4.74 Å². The Morgan fingerprint density at radius 1 is 1.23 bits per heavy atom. The van der Waals surface area contributed by atoms with Gasteiger partial charge in [-0.25, -0.2) is 0 Å². The van der Waals surface area contributed by atoms with Crippen LogP contribution >= 0.6 is 0 Å². The van der Waals surface area contributed by atoms with E-state index in [2.05, 4.69) is 0 Å². The van der Waals surface area contributed by atoms with Crippen molar-refractivity contribution in [3.05, 3.63) is 23.8 Å². The molecule has 1 aromatic rings. The summed E-state index contributed by atoms with van der Waals surface area (Å²) in [6, 6.07) is 5.60. The average molecular weight is 178 g/mol. The highest BCUT2D eigenvalue weighted by Gasteiger charge is 2.21. The smallest absolute Gasteiger partial charge is 0.0865 e. The van der Waals surface area contributed by atoms with Gasteiger partial charge in [-0.1, -0.05) is 6.07 Å². The Kier molecular flexibility index (Phi) is 2.10. The standard InChI is InChI=1S/C10H14N2O/c11-7-3-1-4-8(12)10(7)9-5-2-6-13-9/h1,3-4,9H,2,5-6,11-12H2. The third-order valence-corrected chi connectivity index (χ3v) is 2.43. The van der Waals surface area contributed by atoms with E-state index in [9.17, 15) is 0 Å². The summed E-state index contributed by atoms with van der Waals surface area (Å²) < 4.78 is 5.54. The normalized spacial score (nSPS) is 22.0. The molecule has 0 amide bonds. The lowest BCUT2D eigenvalue weighted by molar-refractivity contribution is 0.113. The molecule has 2 rings (SSSR count). The van der Waals surface area contributed by atoms with Crippen molar-refractivity contribution >= 4 is 11.4 Å². The number of anilines is 2. The van der Waals surface area contributed by atoms with Crippen molar-refractivity contribution in [2.75, 3.05) is 18.1 Å². The summed E-state index contributed by atoms with van der Waals surface area (Å²) in [7, 11) is 0. The second-order valence-corrected chi connectivity index (χ2v) is 3.35. The van der Waals surface area contributed by atoms with Crippen LogP contribution in [0.25, 0.3) is 0 Å². The van der Waals surface area contributed by atoms with E-state index in [-0.39, 0.29) is 6.10 Å². The number of hydrogen-bond acceptors (Lipinski definition) is 3. The molecule has 13 heavy (non-hydrogen) atoms. The Morgan fingerprint density at radius 2 is 1.92 bits per heavy atom. The molecule has 1 aliphatic rings. The van der Waals surface area contributed by atoms with Crippen molar-refractivity contribution in [1.82, 2.24) is 0 Å². The second-order valence-electron chi connectivity index (χ2n) is 3.35. The highest BCUT2D eigenvalue weighted by Crippen LogP contribution is 2.35. The van der Waals surface area contributed by atoms with Crippen LogP contribution in [0.5, 0.6) is 0 Å². The van der Waals surface area contributed by atoms with Gasteiger partial charge in [0.05, 0.1) is 6.10 Å². The average Bonchev–Trinajstić information content (AvgIpc) is 2.57. The van der Waals surface area contributed by atoms with Crippen LogP contribution in [0.15, 0.2) is 18.2 Å². The molecule has 3 nitrogen and oxygen atoms in total. The van der Waals surface area contributed by atoms with Gasteiger partial charge < -0.3 is 16.2 Å². The van der Waals surface area contributed by atoms with Crippen LogP contribution in [0.1, 0.15) is 24.5 Å². The number of rotatable bonds is 1. The molecule has 0 spiro atoms. The summed E-state index contributed by atoms with van der Waals surface area (Å²) in [5.74, 6) is 0. The molecule has 1 aromatic carbocycles. The molecule has 4 N–H and O–H groups in total. The van der Waals surface area contributed by atoms with Gasteiger partial charge in [0.25, 0.3) is 0 Å². The van der Waals surface area contributed by atoms with Crippen LogP contribution in [0, 0.1) is 0 Å². The highest BCUT2D eigenvalue weighted by atomic mass is 16.5. The van der Waals surface area contributed by atoms with Gasteiger partial charge in [0.2, 0.25) is 0 Å². The van der Waals surface area contributed by atoms with E-state index in [4.69, 9.17) is 16.2 Å². The molecule has 1 unspecified atom stereocenters. The minimum absolute atomic E-state index is 0.112. The summed E-state index contributed by atoms with van der Waals surface area (Å²) in [5.41, 5.74) is 14.1. The fraction of sp³-hybridized carbons (Fsp3) is 0.400. The van der Waals surface area contributed by atoms with Crippen molar-refractivity contribution in [3.8, 4) is 0 Å². The molecule has 1 heterocycles. The third-order valence-electron chi connectivity index (χ3n) is 2.43. The SMILES string of the molecule is Nc1cccc(N)c1C1CCCO1. The van der Waals surface area contributed by atoms with E-state index in [1.807, 2.05) is 18.2 Å². The van der Waals surface area contributed by atoms with Crippen LogP contribution in [0.3, 0.4) is 0 Å². The largest absolute Gasteiger partial charge is 0.398 e. The zero-order chi connectivity index (χ0) is 9.26. The fourth-order valence-electron chi connectivity index (χ4n) is 1.78. The summed E-state index contributed by atoms with van der Waals surface area (Å²) in [6.45, 7) is 0.818. The molecule has 0 aromatic heterocycles. The zero-order valence-corrected chi connectivity index (χ0v) is 7.49. The predicted octanol–water partition coefficient (Wildman–Crippen LogP) is 1.70. The molecule has 0 saturated carbocycles. The minimum Gasteiger partial charge on any atom is -0.398 e. The Hall–Kier alpha value is -1.22. The Morgan fingerprint density at radius 3 is 2.46 bits per heavy atom. The maximum atomic E-state index is 5.84. The molecular weight excluding hydrogens is 164 g/mol. The quantitative estimate of drug-likeness (QED) is 0.643. The number of ether oxygens (including phenoxy) is 1. The summed E-state index contributed by atoms with van der Waals surface area (Å²) in [5, 5.41) is 0. The van der Waals surface area contributed by atoms with Crippen molar-refractivity contribution in [3.63, 3.8) is 0 Å². The molecular formula is C10H14N2O. The number of nitrogens with two attached hydrogens (primary N) is 2. The van der Waals surface area contributed by atoms with Crippen LogP contribution in [-0.2, 0) is 4.74 Å². The summed E-state index contributed by atoms with van der Waals surface area (Å²) in [6.07, 6.45) is 2.23. The van der Waals surface area contributed by atoms with Gasteiger partial charge in [-0.05, 0) is 25.0 Å². The van der Waals surface area contributed by atoms with E-state index in [1.165, 1.54) is 0 Å². The number of hydrogen-bond donors (Lipinski definition) is 2. The van der Waals surface area contributed by atoms with Gasteiger partial charge in [0.15, 0.2) is 0 Å². The second kappa shape index (κ2) is 3.26. The van der Waals surface area contributed by atoms with E-state index in [0.29, 0.717) is 0 Å². The first-order chi connectivity index (χ1) is 6.29. The van der Waals surface area contributed by atoms with Crippen molar-refractivity contribution in [2.45, 2.75) is 18.9 Å². The monoisotopic (exact) mass is 178 g/mol. The summed E-state index contributed by atoms with van der Waals surface area (Å²) in [4.78, 5) is 0.